The van der Waals surface area contributed by atoms with Gasteiger partial charge in [-0.1, -0.05) is 135 Å². The Morgan fingerprint density at radius 2 is 1.14 bits per heavy atom. The summed E-state index contributed by atoms with van der Waals surface area (Å²) in [5, 5.41) is 7.15. The Hall–Kier alpha value is -6.12. The SMILES string of the molecule is CC1(C)c2ccccc2-c2cc3c(cc21)oc1c(-c2ccccc2)ccc(N(c2ccccc2)c2cc4ccccc4c4ccccc24)c13. The second kappa shape index (κ2) is 10.4. The largest absolute Gasteiger partial charge is 0.455 e. The van der Waals surface area contributed by atoms with E-state index in [0.717, 1.165) is 50.1 Å². The van der Waals surface area contributed by atoms with Crippen LogP contribution in [0.3, 0.4) is 0 Å². The summed E-state index contributed by atoms with van der Waals surface area (Å²) < 4.78 is 7.05. The van der Waals surface area contributed by atoms with Crippen molar-refractivity contribution in [3.8, 4) is 22.3 Å². The average molecular weight is 628 g/mol. The van der Waals surface area contributed by atoms with Crippen LogP contribution in [-0.2, 0) is 5.41 Å². The van der Waals surface area contributed by atoms with Crippen molar-refractivity contribution >= 4 is 60.5 Å². The fourth-order valence-corrected chi connectivity index (χ4v) is 8.29. The van der Waals surface area contributed by atoms with E-state index in [1.54, 1.807) is 0 Å². The highest BCUT2D eigenvalue weighted by atomic mass is 16.3. The molecule has 0 atom stereocenters. The van der Waals surface area contributed by atoms with Gasteiger partial charge in [0.15, 0.2) is 0 Å². The van der Waals surface area contributed by atoms with Gasteiger partial charge < -0.3 is 9.32 Å². The van der Waals surface area contributed by atoms with Crippen molar-refractivity contribution in [2.75, 3.05) is 4.90 Å². The second-order valence-corrected chi connectivity index (χ2v) is 13.7. The number of benzene rings is 8. The number of rotatable bonds is 4. The average Bonchev–Trinajstić information content (AvgIpc) is 3.64. The lowest BCUT2D eigenvalue weighted by Crippen LogP contribution is -2.14. The Balaban J connectivity index is 1.35. The minimum absolute atomic E-state index is 0.121. The zero-order valence-electron chi connectivity index (χ0n) is 27.4. The number of anilines is 3. The highest BCUT2D eigenvalue weighted by molar-refractivity contribution is 6.21. The van der Waals surface area contributed by atoms with Crippen molar-refractivity contribution in [2.45, 2.75) is 19.3 Å². The third kappa shape index (κ3) is 4.07. The molecule has 1 aromatic heterocycles. The number of furan rings is 1. The summed E-state index contributed by atoms with van der Waals surface area (Å²) in [7, 11) is 0. The molecule has 0 bridgehead atoms. The molecule has 1 heterocycles. The summed E-state index contributed by atoms with van der Waals surface area (Å²) >= 11 is 0. The first-order valence-corrected chi connectivity index (χ1v) is 17.0. The van der Waals surface area contributed by atoms with Gasteiger partial charge in [0.25, 0.3) is 0 Å². The number of para-hydroxylation sites is 1. The lowest BCUT2D eigenvalue weighted by molar-refractivity contribution is 0.648. The quantitative estimate of drug-likeness (QED) is 0.181. The highest BCUT2D eigenvalue weighted by Gasteiger charge is 2.36. The van der Waals surface area contributed by atoms with Crippen LogP contribution in [-0.4, -0.2) is 0 Å². The van der Waals surface area contributed by atoms with Crippen molar-refractivity contribution in [1.29, 1.82) is 0 Å². The van der Waals surface area contributed by atoms with Crippen molar-refractivity contribution in [3.05, 3.63) is 175 Å². The van der Waals surface area contributed by atoms with E-state index in [2.05, 4.69) is 183 Å². The van der Waals surface area contributed by atoms with Crippen LogP contribution in [0.5, 0.6) is 0 Å². The summed E-state index contributed by atoms with van der Waals surface area (Å²) in [5.74, 6) is 0. The predicted molar refractivity (Wildman–Crippen MR) is 206 cm³/mol. The van der Waals surface area contributed by atoms with Crippen LogP contribution in [0.2, 0.25) is 0 Å². The first-order chi connectivity index (χ1) is 24.1. The molecule has 0 fully saturated rings. The molecule has 0 N–H and O–H groups in total. The van der Waals surface area contributed by atoms with Crippen molar-refractivity contribution in [3.63, 3.8) is 0 Å². The molecule has 0 spiro atoms. The maximum Gasteiger partial charge on any atom is 0.145 e. The minimum Gasteiger partial charge on any atom is -0.455 e. The first-order valence-electron chi connectivity index (χ1n) is 17.0. The van der Waals surface area contributed by atoms with E-state index in [9.17, 15) is 0 Å². The van der Waals surface area contributed by atoms with Crippen LogP contribution in [0.4, 0.5) is 17.1 Å². The van der Waals surface area contributed by atoms with Gasteiger partial charge in [-0.3, -0.25) is 0 Å². The van der Waals surface area contributed by atoms with Gasteiger partial charge in [-0.15, -0.1) is 0 Å². The summed E-state index contributed by atoms with van der Waals surface area (Å²) in [6, 6.07) is 59.3. The molecule has 1 aliphatic carbocycles. The van der Waals surface area contributed by atoms with Crippen LogP contribution in [0.15, 0.2) is 168 Å². The molecule has 1 aliphatic rings. The van der Waals surface area contributed by atoms with E-state index in [-0.39, 0.29) is 5.41 Å². The number of hydrogen-bond donors (Lipinski definition) is 0. The molecule has 0 unspecified atom stereocenters. The Morgan fingerprint density at radius 3 is 1.96 bits per heavy atom. The smallest absolute Gasteiger partial charge is 0.145 e. The molecule has 10 rings (SSSR count). The summed E-state index contributed by atoms with van der Waals surface area (Å²) in [5.41, 5.74) is 12.5. The van der Waals surface area contributed by atoms with Crippen molar-refractivity contribution in [1.82, 2.24) is 0 Å². The third-order valence-electron chi connectivity index (χ3n) is 10.6. The van der Waals surface area contributed by atoms with E-state index in [1.165, 1.54) is 43.8 Å². The highest BCUT2D eigenvalue weighted by Crippen LogP contribution is 2.53. The van der Waals surface area contributed by atoms with Crippen LogP contribution in [0, 0.1) is 0 Å². The molecule has 0 radical (unpaired) electrons. The van der Waals surface area contributed by atoms with Gasteiger partial charge in [0.05, 0.1) is 16.8 Å². The monoisotopic (exact) mass is 627 g/mol. The van der Waals surface area contributed by atoms with Gasteiger partial charge in [0.2, 0.25) is 0 Å². The van der Waals surface area contributed by atoms with Gasteiger partial charge in [0.1, 0.15) is 11.2 Å². The Bertz CT molecular complexity index is 2740. The zero-order valence-corrected chi connectivity index (χ0v) is 27.4. The van der Waals surface area contributed by atoms with Gasteiger partial charge >= 0.3 is 0 Å². The van der Waals surface area contributed by atoms with E-state index in [1.807, 2.05) is 0 Å². The van der Waals surface area contributed by atoms with Crippen molar-refractivity contribution in [2.24, 2.45) is 0 Å². The van der Waals surface area contributed by atoms with Gasteiger partial charge in [-0.25, -0.2) is 0 Å². The summed E-state index contributed by atoms with van der Waals surface area (Å²) in [6.45, 7) is 4.66. The molecule has 0 amide bonds. The Labute approximate surface area is 285 Å². The lowest BCUT2D eigenvalue weighted by atomic mass is 9.82. The van der Waals surface area contributed by atoms with Crippen LogP contribution in [0.25, 0.3) is 65.7 Å². The fraction of sp³-hybridized carbons (Fsp3) is 0.0638. The molecule has 9 aromatic rings. The van der Waals surface area contributed by atoms with Crippen LogP contribution < -0.4 is 4.90 Å². The number of hydrogen-bond acceptors (Lipinski definition) is 2. The minimum atomic E-state index is -0.121. The van der Waals surface area contributed by atoms with Crippen molar-refractivity contribution < 1.29 is 4.42 Å². The lowest BCUT2D eigenvalue weighted by Gasteiger charge is -2.28. The van der Waals surface area contributed by atoms with E-state index >= 15 is 0 Å². The Kier molecular flexibility index (Phi) is 5.95. The molecule has 0 aliphatic heterocycles. The molecule has 0 saturated heterocycles. The van der Waals surface area contributed by atoms with E-state index in [0.29, 0.717) is 0 Å². The maximum absolute atomic E-state index is 7.05. The molecule has 0 saturated carbocycles. The standard InChI is InChI=1S/C47H33NO/c1-47(2)40-24-14-13-22-36(40)38-28-39-44(29-41(38)47)49-46-34(30-15-5-3-6-16-30)25-26-42(45(39)46)48(32-18-7-4-8-19-32)43-27-31-17-9-10-20-33(31)35-21-11-12-23-37(35)43/h3-29H,1-2H3. The molecule has 8 aromatic carbocycles. The normalized spacial score (nSPS) is 13.3. The topological polar surface area (TPSA) is 16.4 Å². The zero-order chi connectivity index (χ0) is 32.7. The molecule has 49 heavy (non-hydrogen) atoms. The maximum atomic E-state index is 7.05. The second-order valence-electron chi connectivity index (χ2n) is 13.7. The fourth-order valence-electron chi connectivity index (χ4n) is 8.29. The molecule has 2 heteroatoms. The van der Waals surface area contributed by atoms with Gasteiger partial charge in [-0.05, 0) is 86.4 Å². The molecular formula is C47H33NO. The van der Waals surface area contributed by atoms with Crippen LogP contribution >= 0.6 is 0 Å². The van der Waals surface area contributed by atoms with Crippen LogP contribution in [0.1, 0.15) is 25.0 Å². The van der Waals surface area contributed by atoms with Gasteiger partial charge in [0, 0.05) is 27.4 Å². The van der Waals surface area contributed by atoms with Gasteiger partial charge in [-0.2, -0.15) is 0 Å². The summed E-state index contributed by atoms with van der Waals surface area (Å²) in [6.07, 6.45) is 0. The first kappa shape index (κ1) is 27.9. The summed E-state index contributed by atoms with van der Waals surface area (Å²) in [4.78, 5) is 2.44. The van der Waals surface area contributed by atoms with E-state index < -0.39 is 0 Å². The van der Waals surface area contributed by atoms with E-state index in [4.69, 9.17) is 4.42 Å². The third-order valence-corrected chi connectivity index (χ3v) is 10.6. The number of nitrogens with zero attached hydrogens (tertiary/aromatic N) is 1. The molecule has 2 nitrogen and oxygen atoms in total. The number of fused-ring (bicyclic) bond motifs is 9. The Morgan fingerprint density at radius 1 is 0.469 bits per heavy atom. The predicted octanol–water partition coefficient (Wildman–Crippen LogP) is 13.3. The molecular weight excluding hydrogens is 595 g/mol. The molecule has 232 valence electrons.